The van der Waals surface area contributed by atoms with Crippen LogP contribution in [0.15, 0.2) is 23.8 Å². The van der Waals surface area contributed by atoms with E-state index in [-0.39, 0.29) is 0 Å². The van der Waals surface area contributed by atoms with Crippen molar-refractivity contribution < 1.29 is 14.6 Å². The number of hydrogen-bond donors (Lipinski definition) is 1. The molecule has 1 aliphatic carbocycles. The number of halogens is 1. The van der Waals surface area contributed by atoms with Crippen LogP contribution in [0, 0.1) is 0 Å². The van der Waals surface area contributed by atoms with Crippen molar-refractivity contribution in [2.24, 2.45) is 0 Å². The van der Waals surface area contributed by atoms with Gasteiger partial charge in [-0.15, -0.1) is 0 Å². The summed E-state index contributed by atoms with van der Waals surface area (Å²) in [6.07, 6.45) is 5.71. The van der Waals surface area contributed by atoms with E-state index in [1.807, 2.05) is 0 Å². The van der Waals surface area contributed by atoms with E-state index in [1.54, 1.807) is 26.4 Å². The predicted octanol–water partition coefficient (Wildman–Crippen LogP) is 3.89. The first kappa shape index (κ1) is 14.2. The van der Waals surface area contributed by atoms with Crippen LogP contribution in [0.2, 0.25) is 5.02 Å². The molecule has 1 aliphatic rings. The normalized spacial score (nSPS) is 16.7. The van der Waals surface area contributed by atoms with Crippen LogP contribution in [0.25, 0.3) is 0 Å². The quantitative estimate of drug-likeness (QED) is 0.852. The summed E-state index contributed by atoms with van der Waals surface area (Å²) < 4.78 is 10.4. The van der Waals surface area contributed by atoms with Crippen molar-refractivity contribution in [1.82, 2.24) is 0 Å². The first-order chi connectivity index (χ1) is 9.19. The summed E-state index contributed by atoms with van der Waals surface area (Å²) in [7, 11) is 3.10. The highest BCUT2D eigenvalue weighted by molar-refractivity contribution is 6.33. The standard InChI is InChI=1S/C15H19ClO3/c1-18-12-9-8-11(13(16)15(12)19-2)14(17)10-6-4-3-5-7-10/h6,8-9,14,17H,3-5,7H2,1-2H3. The van der Waals surface area contributed by atoms with Gasteiger partial charge in [-0.1, -0.05) is 23.7 Å². The van der Waals surface area contributed by atoms with Crippen LogP contribution in [-0.4, -0.2) is 19.3 Å². The molecule has 1 unspecified atom stereocenters. The highest BCUT2D eigenvalue weighted by Crippen LogP contribution is 2.42. The number of rotatable bonds is 4. The summed E-state index contributed by atoms with van der Waals surface area (Å²) >= 11 is 6.31. The lowest BCUT2D eigenvalue weighted by Crippen LogP contribution is -2.06. The van der Waals surface area contributed by atoms with Crippen molar-refractivity contribution in [3.63, 3.8) is 0 Å². The lowest BCUT2D eigenvalue weighted by atomic mass is 9.91. The molecule has 1 N–H and O–H groups in total. The van der Waals surface area contributed by atoms with Crippen molar-refractivity contribution in [2.45, 2.75) is 31.8 Å². The molecule has 0 saturated heterocycles. The first-order valence-corrected chi connectivity index (χ1v) is 6.84. The average molecular weight is 283 g/mol. The molecule has 0 bridgehead atoms. The highest BCUT2D eigenvalue weighted by atomic mass is 35.5. The minimum absolute atomic E-state index is 0.417. The Morgan fingerprint density at radius 3 is 2.58 bits per heavy atom. The van der Waals surface area contributed by atoms with Crippen LogP contribution in [0.3, 0.4) is 0 Å². The zero-order valence-electron chi connectivity index (χ0n) is 11.3. The maximum Gasteiger partial charge on any atom is 0.179 e. The molecule has 0 spiro atoms. The molecule has 1 aromatic rings. The number of methoxy groups -OCH3 is 2. The molecule has 3 nitrogen and oxygen atoms in total. The zero-order chi connectivity index (χ0) is 13.8. The molecule has 0 heterocycles. The second-order valence-electron chi connectivity index (χ2n) is 4.63. The zero-order valence-corrected chi connectivity index (χ0v) is 12.0. The molecule has 19 heavy (non-hydrogen) atoms. The Balaban J connectivity index is 2.37. The van der Waals surface area contributed by atoms with Crippen LogP contribution in [0.1, 0.15) is 37.4 Å². The van der Waals surface area contributed by atoms with Gasteiger partial charge in [0.1, 0.15) is 6.10 Å². The summed E-state index contributed by atoms with van der Waals surface area (Å²) in [5.41, 5.74) is 1.72. The van der Waals surface area contributed by atoms with Gasteiger partial charge in [0.25, 0.3) is 0 Å². The van der Waals surface area contributed by atoms with Gasteiger partial charge in [-0.2, -0.15) is 0 Å². The van der Waals surface area contributed by atoms with Crippen LogP contribution >= 0.6 is 11.6 Å². The number of aliphatic hydroxyl groups is 1. The van der Waals surface area contributed by atoms with Crippen molar-refractivity contribution in [1.29, 1.82) is 0 Å². The minimum Gasteiger partial charge on any atom is -0.493 e. The maximum absolute atomic E-state index is 10.5. The van der Waals surface area contributed by atoms with Gasteiger partial charge in [-0.05, 0) is 37.3 Å². The molecule has 4 heteroatoms. The molecule has 1 aromatic carbocycles. The molecule has 0 amide bonds. The minimum atomic E-state index is -0.660. The van der Waals surface area contributed by atoms with E-state index in [0.29, 0.717) is 22.1 Å². The fraction of sp³-hybridized carbons (Fsp3) is 0.467. The Hall–Kier alpha value is -1.19. The van der Waals surface area contributed by atoms with Crippen LogP contribution < -0.4 is 9.47 Å². The van der Waals surface area contributed by atoms with Gasteiger partial charge in [0.05, 0.1) is 19.2 Å². The fourth-order valence-electron chi connectivity index (χ4n) is 2.43. The first-order valence-electron chi connectivity index (χ1n) is 6.46. The van der Waals surface area contributed by atoms with Crippen molar-refractivity contribution in [2.75, 3.05) is 14.2 Å². The smallest absolute Gasteiger partial charge is 0.179 e. The van der Waals surface area contributed by atoms with Crippen molar-refractivity contribution in [3.05, 3.63) is 34.4 Å². The third-order valence-corrected chi connectivity index (χ3v) is 3.88. The Labute approximate surface area is 118 Å². The third kappa shape index (κ3) is 2.88. The van der Waals surface area contributed by atoms with E-state index in [9.17, 15) is 5.11 Å². The average Bonchev–Trinajstić information content (AvgIpc) is 2.47. The summed E-state index contributed by atoms with van der Waals surface area (Å²) in [6.45, 7) is 0. The maximum atomic E-state index is 10.5. The van der Waals surface area contributed by atoms with E-state index in [2.05, 4.69) is 6.08 Å². The van der Waals surface area contributed by atoms with E-state index in [1.165, 1.54) is 6.42 Å². The summed E-state index contributed by atoms with van der Waals surface area (Å²) in [4.78, 5) is 0. The Morgan fingerprint density at radius 2 is 2.00 bits per heavy atom. The number of benzene rings is 1. The number of allylic oxidation sites excluding steroid dienone is 1. The molecule has 0 radical (unpaired) electrons. The summed E-state index contributed by atoms with van der Waals surface area (Å²) in [6, 6.07) is 3.57. The molecule has 1 atom stereocenters. The molecular weight excluding hydrogens is 264 g/mol. The van der Waals surface area contributed by atoms with Gasteiger partial charge < -0.3 is 14.6 Å². The van der Waals surface area contributed by atoms with Gasteiger partial charge in [-0.3, -0.25) is 0 Å². The molecule has 0 aromatic heterocycles. The molecule has 2 rings (SSSR count). The number of aliphatic hydroxyl groups excluding tert-OH is 1. The van der Waals surface area contributed by atoms with Crippen LogP contribution in [0.5, 0.6) is 11.5 Å². The largest absolute Gasteiger partial charge is 0.493 e. The molecule has 0 aliphatic heterocycles. The van der Waals surface area contributed by atoms with Gasteiger partial charge >= 0.3 is 0 Å². The van der Waals surface area contributed by atoms with Crippen molar-refractivity contribution in [3.8, 4) is 11.5 Å². The SMILES string of the molecule is COc1ccc(C(O)C2=CCCCC2)c(Cl)c1OC. The van der Waals surface area contributed by atoms with E-state index >= 15 is 0 Å². The molecule has 0 fully saturated rings. The van der Waals surface area contributed by atoms with Gasteiger partial charge in [-0.25, -0.2) is 0 Å². The Kier molecular flexibility index (Phi) is 4.72. The predicted molar refractivity (Wildman–Crippen MR) is 76.1 cm³/mol. The highest BCUT2D eigenvalue weighted by Gasteiger charge is 2.22. The second kappa shape index (κ2) is 6.31. The second-order valence-corrected chi connectivity index (χ2v) is 5.01. The van der Waals surface area contributed by atoms with Crippen LogP contribution in [-0.2, 0) is 0 Å². The lowest BCUT2D eigenvalue weighted by Gasteiger charge is -2.21. The monoisotopic (exact) mass is 282 g/mol. The molecule has 104 valence electrons. The van der Waals surface area contributed by atoms with Crippen LogP contribution in [0.4, 0.5) is 0 Å². The molecular formula is C15H19ClO3. The lowest BCUT2D eigenvalue weighted by molar-refractivity contribution is 0.207. The van der Waals surface area contributed by atoms with Gasteiger partial charge in [0.2, 0.25) is 0 Å². The topological polar surface area (TPSA) is 38.7 Å². The number of ether oxygens (including phenoxy) is 2. The molecule has 0 saturated carbocycles. The fourth-order valence-corrected chi connectivity index (χ4v) is 2.76. The summed E-state index contributed by atoms with van der Waals surface area (Å²) in [5.74, 6) is 1.04. The third-order valence-electron chi connectivity index (χ3n) is 3.49. The van der Waals surface area contributed by atoms with Crippen molar-refractivity contribution >= 4 is 11.6 Å². The van der Waals surface area contributed by atoms with E-state index in [0.717, 1.165) is 24.8 Å². The Bertz CT molecular complexity index is 483. The van der Waals surface area contributed by atoms with E-state index in [4.69, 9.17) is 21.1 Å². The van der Waals surface area contributed by atoms with Gasteiger partial charge in [0.15, 0.2) is 11.5 Å². The van der Waals surface area contributed by atoms with Gasteiger partial charge in [0, 0.05) is 5.56 Å². The number of hydrogen-bond acceptors (Lipinski definition) is 3. The van der Waals surface area contributed by atoms with E-state index < -0.39 is 6.10 Å². The summed E-state index contributed by atoms with van der Waals surface area (Å²) in [5, 5.41) is 10.9. The Morgan fingerprint density at radius 1 is 1.21 bits per heavy atom.